The molecule has 1 fully saturated rings. The Labute approximate surface area is 237 Å². The maximum atomic E-state index is 13.3. The fraction of sp³-hybridized carbons (Fsp3) is 0.375. The number of thiazole rings is 1. The van der Waals surface area contributed by atoms with E-state index in [0.29, 0.717) is 16.9 Å². The van der Waals surface area contributed by atoms with Crippen molar-refractivity contribution in [3.63, 3.8) is 0 Å². The molecule has 0 unspecified atom stereocenters. The fourth-order valence-corrected chi connectivity index (χ4v) is 5.92. The zero-order chi connectivity index (χ0) is 29.0. The van der Waals surface area contributed by atoms with Gasteiger partial charge in [0.25, 0.3) is 24.5 Å². The van der Waals surface area contributed by atoms with E-state index in [4.69, 9.17) is 20.0 Å². The predicted octanol–water partition coefficient (Wildman–Crippen LogP) is -0.434. The number of β-lactam (4-membered cyclic amide) rings is 1. The number of rotatable bonds is 10. The summed E-state index contributed by atoms with van der Waals surface area (Å²) in [6, 6.07) is 2.40. The van der Waals surface area contributed by atoms with Crippen LogP contribution in [0.5, 0.6) is 0 Å². The first-order chi connectivity index (χ1) is 19.2. The third kappa shape index (κ3) is 5.93. The summed E-state index contributed by atoms with van der Waals surface area (Å²) in [6.45, 7) is -0.0778. The molecule has 0 aliphatic carbocycles. The van der Waals surface area contributed by atoms with Crippen LogP contribution in [0, 0.1) is 0 Å². The first-order valence-electron chi connectivity index (χ1n) is 11.8. The van der Waals surface area contributed by atoms with Crippen LogP contribution in [0.25, 0.3) is 0 Å². The minimum Gasteiger partial charge on any atom is -0.400 e. The summed E-state index contributed by atoms with van der Waals surface area (Å²) in [6.07, 6.45) is 3.22. The Morgan fingerprint density at radius 3 is 2.75 bits per heavy atom. The Bertz CT molecular complexity index is 1390. The van der Waals surface area contributed by atoms with E-state index in [2.05, 4.69) is 15.5 Å². The molecule has 14 nitrogen and oxygen atoms in total. The third-order valence-electron chi connectivity index (χ3n) is 5.86. The van der Waals surface area contributed by atoms with Crippen LogP contribution in [0.2, 0.25) is 0 Å². The van der Waals surface area contributed by atoms with Gasteiger partial charge in [-0.3, -0.25) is 19.3 Å². The highest BCUT2D eigenvalue weighted by Crippen LogP contribution is 2.40. The first kappa shape index (κ1) is 29.0. The van der Waals surface area contributed by atoms with E-state index in [1.165, 1.54) is 35.8 Å². The van der Waals surface area contributed by atoms with Crippen molar-refractivity contribution in [1.29, 1.82) is 0 Å². The molecule has 2 aromatic heterocycles. The maximum absolute atomic E-state index is 13.3. The van der Waals surface area contributed by atoms with Crippen molar-refractivity contribution < 1.29 is 38.1 Å². The van der Waals surface area contributed by atoms with E-state index in [0.717, 1.165) is 11.3 Å². The number of fused-ring (bicyclic) bond motifs is 1. The van der Waals surface area contributed by atoms with Gasteiger partial charge < -0.3 is 30.3 Å². The van der Waals surface area contributed by atoms with Gasteiger partial charge in [-0.1, -0.05) is 5.16 Å². The number of ether oxygens (including phenoxy) is 2. The lowest BCUT2D eigenvalue weighted by molar-refractivity contribution is -0.727. The molecule has 2 atom stereocenters. The summed E-state index contributed by atoms with van der Waals surface area (Å²) in [7, 11) is 6.05. The molecule has 3 N–H and O–H groups in total. The molecule has 16 heteroatoms. The number of hydrogen-bond donors (Lipinski definition) is 2. The number of thioether (sulfide) groups is 1. The number of nitrogens with one attached hydrogen (secondary N) is 1. The Kier molecular flexibility index (Phi) is 9.01. The van der Waals surface area contributed by atoms with Crippen molar-refractivity contribution >= 4 is 57.6 Å². The van der Waals surface area contributed by atoms with Crippen molar-refractivity contribution in [2.24, 2.45) is 5.16 Å². The molecule has 0 spiro atoms. The average Bonchev–Trinajstić information content (AvgIpc) is 3.38. The number of esters is 1. The molecule has 212 valence electrons. The predicted molar refractivity (Wildman–Crippen MR) is 145 cm³/mol. The number of nitrogens with two attached hydrogens (primary N) is 1. The zero-order valence-corrected chi connectivity index (χ0v) is 23.8. The Hall–Kier alpha value is -4.02. The van der Waals surface area contributed by atoms with Crippen LogP contribution in [-0.2, 0) is 35.4 Å². The number of nitrogen functional groups attached to an aromatic ring is 1. The second-order valence-corrected chi connectivity index (χ2v) is 10.8. The van der Waals surface area contributed by atoms with E-state index in [1.54, 1.807) is 48.6 Å². The Balaban J connectivity index is 1.48. The van der Waals surface area contributed by atoms with Crippen molar-refractivity contribution in [2.75, 3.05) is 46.4 Å². The third-order valence-corrected chi connectivity index (χ3v) is 7.88. The summed E-state index contributed by atoms with van der Waals surface area (Å²) in [5.41, 5.74) is 6.82. The summed E-state index contributed by atoms with van der Waals surface area (Å²) < 4.78 is 12.3. The molecule has 1 saturated heterocycles. The first-order valence-corrected chi connectivity index (χ1v) is 13.8. The van der Waals surface area contributed by atoms with Crippen LogP contribution in [-0.4, -0.2) is 96.3 Å². The number of oxime groups is 1. The Morgan fingerprint density at radius 2 is 2.10 bits per heavy atom. The lowest BCUT2D eigenvalue weighted by Gasteiger charge is -2.49. The quantitative estimate of drug-likeness (QED) is 0.122. The number of carbonyl (C=O) groups is 4. The van der Waals surface area contributed by atoms with E-state index in [9.17, 15) is 19.2 Å². The van der Waals surface area contributed by atoms with Gasteiger partial charge in [-0.15, -0.1) is 23.1 Å². The molecule has 3 amide bonds. The van der Waals surface area contributed by atoms with Crippen LogP contribution >= 0.6 is 23.1 Å². The second-order valence-electron chi connectivity index (χ2n) is 8.81. The number of amides is 3. The minimum atomic E-state index is -0.925. The molecule has 0 saturated carbocycles. The van der Waals surface area contributed by atoms with Gasteiger partial charge in [0.05, 0.1) is 6.61 Å². The zero-order valence-electron chi connectivity index (χ0n) is 22.2. The van der Waals surface area contributed by atoms with Gasteiger partial charge in [0, 0.05) is 38.4 Å². The molecular weight excluding hydrogens is 562 g/mol. The van der Waals surface area contributed by atoms with E-state index < -0.39 is 29.2 Å². The standard InChI is InChI=1S/C24H27N7O7S2/c1-29(2)20(33)13-6-5-7-30(8-13)12-38-23(35)18-14(9-36-3)10-39-22-17(21(34)31(18)22)27-19(32)16(28-37-4)15-11-40-24(25)26-15/h5-8,11,17,22H,9-10,12H2,1-4H3,(H2-,25,26,27,32)/p+1/t17-,22-/m1/s1. The topological polar surface area (TPSA) is 170 Å². The van der Waals surface area contributed by atoms with Gasteiger partial charge in [0.2, 0.25) is 0 Å². The maximum Gasteiger partial charge on any atom is 0.359 e. The molecule has 4 rings (SSSR count). The molecule has 4 heterocycles. The normalized spacial score (nSPS) is 18.6. The molecule has 2 aliphatic heterocycles. The molecular formula is C24H28N7O7S2+. The minimum absolute atomic E-state index is 0.0697. The van der Waals surface area contributed by atoms with Crippen molar-refractivity contribution in [3.8, 4) is 0 Å². The number of anilines is 1. The molecule has 0 radical (unpaired) electrons. The van der Waals surface area contributed by atoms with E-state index in [1.807, 2.05) is 0 Å². The van der Waals surface area contributed by atoms with Crippen LogP contribution in [0.1, 0.15) is 16.1 Å². The smallest absolute Gasteiger partial charge is 0.359 e. The van der Waals surface area contributed by atoms with Crippen LogP contribution < -0.4 is 15.6 Å². The number of carbonyl (C=O) groups excluding carboxylic acids is 4. The van der Waals surface area contributed by atoms with Crippen LogP contribution in [0.4, 0.5) is 5.13 Å². The van der Waals surface area contributed by atoms with Crippen molar-refractivity contribution in [1.82, 2.24) is 20.1 Å². The average molecular weight is 591 g/mol. The van der Waals surface area contributed by atoms with Gasteiger partial charge in [0.1, 0.15) is 35.5 Å². The fourth-order valence-electron chi connectivity index (χ4n) is 4.05. The largest absolute Gasteiger partial charge is 0.400 e. The lowest BCUT2D eigenvalue weighted by atomic mass is 10.0. The van der Waals surface area contributed by atoms with E-state index >= 15 is 0 Å². The van der Waals surface area contributed by atoms with Gasteiger partial charge in [-0.05, 0) is 11.6 Å². The van der Waals surface area contributed by atoms with E-state index in [-0.39, 0.29) is 41.5 Å². The van der Waals surface area contributed by atoms with Crippen LogP contribution in [0.3, 0.4) is 0 Å². The number of hydrogen-bond acceptors (Lipinski definition) is 12. The van der Waals surface area contributed by atoms with Gasteiger partial charge in [0.15, 0.2) is 23.2 Å². The van der Waals surface area contributed by atoms with Gasteiger partial charge in [-0.2, -0.15) is 4.57 Å². The summed E-state index contributed by atoms with van der Waals surface area (Å²) in [4.78, 5) is 63.3. The second kappa shape index (κ2) is 12.4. The molecule has 2 aromatic rings. The summed E-state index contributed by atoms with van der Waals surface area (Å²) >= 11 is 2.51. The Morgan fingerprint density at radius 1 is 1.32 bits per heavy atom. The highest BCUT2D eigenvalue weighted by Gasteiger charge is 2.54. The van der Waals surface area contributed by atoms with Gasteiger partial charge >= 0.3 is 5.97 Å². The molecule has 0 aromatic carbocycles. The lowest BCUT2D eigenvalue weighted by Crippen LogP contribution is -2.71. The molecule has 0 bridgehead atoms. The van der Waals surface area contributed by atoms with Crippen molar-refractivity contribution in [3.05, 3.63) is 52.4 Å². The summed E-state index contributed by atoms with van der Waals surface area (Å²) in [5.74, 6) is -1.72. The monoisotopic (exact) mass is 590 g/mol. The molecule has 40 heavy (non-hydrogen) atoms. The van der Waals surface area contributed by atoms with Crippen LogP contribution in [0.15, 0.2) is 46.3 Å². The van der Waals surface area contributed by atoms with Crippen molar-refractivity contribution in [2.45, 2.75) is 18.1 Å². The molecule has 2 aliphatic rings. The number of aromatic nitrogens is 2. The number of pyridine rings is 1. The SMILES string of the molecule is COCC1=C(C(=O)OC[n+]2cccc(C(=O)N(C)C)c2)N2C(=O)[C@@H](NC(=O)C(=NOC)c3csc(N)n3)[C@H]2SC1. The number of methoxy groups -OCH3 is 1. The van der Waals surface area contributed by atoms with Gasteiger partial charge in [-0.25, -0.2) is 9.78 Å². The highest BCUT2D eigenvalue weighted by atomic mass is 32.2. The number of nitrogens with zero attached hydrogens (tertiary/aromatic N) is 5. The highest BCUT2D eigenvalue weighted by molar-refractivity contribution is 8.00. The summed E-state index contributed by atoms with van der Waals surface area (Å²) in [5, 5.41) is 7.64.